The Morgan fingerprint density at radius 3 is 2.19 bits per heavy atom. The number of aliphatic hydroxyl groups excluding tert-OH is 3. The minimum atomic E-state index is -4.15. The molecule has 0 spiro atoms. The van der Waals surface area contributed by atoms with Crippen LogP contribution in [-0.2, 0) is 9.84 Å². The molecule has 37 heavy (non-hydrogen) atoms. The Labute approximate surface area is 215 Å². The van der Waals surface area contributed by atoms with E-state index < -0.39 is 74.7 Å². The van der Waals surface area contributed by atoms with E-state index in [1.165, 1.54) is 12.1 Å². The summed E-state index contributed by atoms with van der Waals surface area (Å²) in [6, 6.07) is 4.57. The molecule has 2 aromatic carbocycles. The Balaban J connectivity index is 1.59. The fourth-order valence-electron chi connectivity index (χ4n) is 5.56. The third kappa shape index (κ3) is 4.86. The number of hydrogen-bond donors (Lipinski definition) is 5. The molecule has 2 bridgehead atoms. The fourth-order valence-corrected chi connectivity index (χ4v) is 7.96. The zero-order valence-electron chi connectivity index (χ0n) is 19.2. The molecule has 0 radical (unpaired) electrons. The smallest absolute Gasteiger partial charge is 0.255 e. The van der Waals surface area contributed by atoms with Crippen LogP contribution < -0.4 is 5.32 Å². The van der Waals surface area contributed by atoms with E-state index >= 15 is 0 Å². The lowest BCUT2D eigenvalue weighted by atomic mass is 9.70. The van der Waals surface area contributed by atoms with Crippen molar-refractivity contribution in [3.8, 4) is 0 Å². The molecular weight excluding hydrogens is 539 g/mol. The highest BCUT2D eigenvalue weighted by Gasteiger charge is 2.60. The van der Waals surface area contributed by atoms with Gasteiger partial charge in [-0.15, -0.1) is 0 Å². The Kier molecular flexibility index (Phi) is 7.63. The molecule has 0 heterocycles. The van der Waals surface area contributed by atoms with Crippen LogP contribution in [0.4, 0.5) is 18.9 Å². The summed E-state index contributed by atoms with van der Waals surface area (Å²) in [5.74, 6) is -7.00. The first kappa shape index (κ1) is 27.8. The quantitative estimate of drug-likeness (QED) is 0.325. The second-order valence-corrected chi connectivity index (χ2v) is 12.1. The molecule has 2 unspecified atom stereocenters. The molecule has 0 aromatic heterocycles. The van der Waals surface area contributed by atoms with Gasteiger partial charge in [-0.1, -0.05) is 11.6 Å². The number of carbonyl (C=O) groups is 1. The summed E-state index contributed by atoms with van der Waals surface area (Å²) < 4.78 is 67.3. The second-order valence-electron chi connectivity index (χ2n) is 9.54. The molecule has 0 aliphatic heterocycles. The molecule has 4 atom stereocenters. The van der Waals surface area contributed by atoms with Crippen molar-refractivity contribution in [2.45, 2.75) is 53.6 Å². The Morgan fingerprint density at radius 1 is 1.08 bits per heavy atom. The highest BCUT2D eigenvalue weighted by molar-refractivity contribution is 7.92. The van der Waals surface area contributed by atoms with Crippen LogP contribution in [0.15, 0.2) is 35.2 Å². The van der Waals surface area contributed by atoms with Crippen molar-refractivity contribution in [3.63, 3.8) is 0 Å². The minimum absolute atomic E-state index is 0.0502. The molecule has 13 heteroatoms. The van der Waals surface area contributed by atoms with Crippen LogP contribution in [0.5, 0.6) is 0 Å². The molecule has 5 N–H and O–H groups in total. The maximum atomic E-state index is 13.6. The summed E-state index contributed by atoms with van der Waals surface area (Å²) in [5, 5.41) is 41.7. The number of halogens is 4. The fraction of sp³-hybridized carbons (Fsp3) is 0.458. The summed E-state index contributed by atoms with van der Waals surface area (Å²) >= 11 is 6.18. The molecule has 8 nitrogen and oxygen atoms in total. The number of benzene rings is 2. The van der Waals surface area contributed by atoms with Gasteiger partial charge in [-0.3, -0.25) is 4.79 Å². The van der Waals surface area contributed by atoms with Crippen molar-refractivity contribution >= 4 is 33.0 Å². The van der Waals surface area contributed by atoms with Crippen LogP contribution in [0, 0.1) is 29.3 Å². The van der Waals surface area contributed by atoms with Gasteiger partial charge in [0.25, 0.3) is 5.91 Å². The van der Waals surface area contributed by atoms with E-state index in [1.54, 1.807) is 0 Å². The van der Waals surface area contributed by atoms with Crippen LogP contribution in [0.25, 0.3) is 0 Å². The first-order valence-electron chi connectivity index (χ1n) is 11.5. The number of aliphatic hydroxyl groups is 4. The van der Waals surface area contributed by atoms with Crippen LogP contribution in [-0.4, -0.2) is 64.4 Å². The van der Waals surface area contributed by atoms with E-state index in [0.29, 0.717) is 25.0 Å². The van der Waals surface area contributed by atoms with E-state index in [0.717, 1.165) is 6.07 Å². The maximum Gasteiger partial charge on any atom is 0.255 e. The van der Waals surface area contributed by atoms with Gasteiger partial charge in [-0.05, 0) is 55.7 Å². The molecule has 2 aliphatic rings. The Hall–Kier alpha value is -2.22. The highest BCUT2D eigenvalue weighted by atomic mass is 35.5. The van der Waals surface area contributed by atoms with E-state index in [-0.39, 0.29) is 34.0 Å². The Bertz CT molecular complexity index is 1290. The van der Waals surface area contributed by atoms with E-state index in [1.807, 2.05) is 0 Å². The summed E-state index contributed by atoms with van der Waals surface area (Å²) in [7, 11) is -4.15. The second kappa shape index (κ2) is 10.2. The summed E-state index contributed by atoms with van der Waals surface area (Å²) in [5.41, 5.74) is -2.34. The number of fused-ring (bicyclic) bond motifs is 2. The maximum absolute atomic E-state index is 13.6. The number of nitrogens with one attached hydrogen (secondary N) is 1. The SMILES string of the molecule is O=C(Nc1cc(F)c(F)c(F)c1)c1ccc(Cl)c(S(=O)(=O)[C@H]2CC3CCC(C2)[C@]3(O)[C@H](O)[C@@H](O)CO)c1. The molecule has 2 saturated carbocycles. The largest absolute Gasteiger partial charge is 0.394 e. The molecular formula is C24H25ClF3NO7S. The van der Waals surface area contributed by atoms with Crippen LogP contribution in [0.2, 0.25) is 5.02 Å². The van der Waals surface area contributed by atoms with E-state index in [9.17, 15) is 46.8 Å². The van der Waals surface area contributed by atoms with Crippen molar-refractivity contribution in [1.29, 1.82) is 0 Å². The zero-order valence-corrected chi connectivity index (χ0v) is 20.8. The van der Waals surface area contributed by atoms with Gasteiger partial charge in [0, 0.05) is 23.4 Å². The number of rotatable bonds is 7. The molecule has 202 valence electrons. The van der Waals surface area contributed by atoms with Crippen molar-refractivity contribution < 1.29 is 46.8 Å². The Morgan fingerprint density at radius 2 is 1.65 bits per heavy atom. The number of amides is 1. The van der Waals surface area contributed by atoms with Crippen molar-refractivity contribution in [2.75, 3.05) is 11.9 Å². The average Bonchev–Trinajstić information content (AvgIpc) is 3.02. The molecule has 4 rings (SSSR count). The number of anilines is 1. The number of carbonyl (C=O) groups excluding carboxylic acids is 1. The topological polar surface area (TPSA) is 144 Å². The summed E-state index contributed by atoms with van der Waals surface area (Å²) in [6.07, 6.45) is -2.53. The van der Waals surface area contributed by atoms with Gasteiger partial charge in [-0.25, -0.2) is 21.6 Å². The lowest BCUT2D eigenvalue weighted by Crippen LogP contribution is -2.59. The summed E-state index contributed by atoms with van der Waals surface area (Å²) in [4.78, 5) is 12.3. The monoisotopic (exact) mass is 563 g/mol. The number of sulfone groups is 1. The zero-order chi connectivity index (χ0) is 27.3. The number of hydrogen-bond acceptors (Lipinski definition) is 7. The molecule has 2 fully saturated rings. The van der Waals surface area contributed by atoms with Crippen molar-refractivity contribution in [1.82, 2.24) is 0 Å². The lowest BCUT2D eigenvalue weighted by molar-refractivity contribution is -0.181. The van der Waals surface area contributed by atoms with Gasteiger partial charge >= 0.3 is 0 Å². The van der Waals surface area contributed by atoms with Crippen LogP contribution >= 0.6 is 11.6 Å². The van der Waals surface area contributed by atoms with Gasteiger partial charge in [0.2, 0.25) is 0 Å². The normalized spacial score (nSPS) is 27.1. The van der Waals surface area contributed by atoms with Crippen LogP contribution in [0.3, 0.4) is 0 Å². The predicted molar refractivity (Wildman–Crippen MR) is 126 cm³/mol. The predicted octanol–water partition coefficient (Wildman–Crippen LogP) is 2.42. The van der Waals surface area contributed by atoms with Crippen molar-refractivity contribution in [3.05, 3.63) is 58.4 Å². The van der Waals surface area contributed by atoms with Crippen molar-refractivity contribution in [2.24, 2.45) is 11.8 Å². The lowest BCUT2D eigenvalue weighted by Gasteiger charge is -2.46. The van der Waals surface area contributed by atoms with Crippen LogP contribution in [0.1, 0.15) is 36.0 Å². The molecule has 0 saturated heterocycles. The standard InChI is InChI=1S/C24H25ClF3NO7S/c25-16-4-1-11(23(33)29-14-8-17(26)21(28)18(27)9-14)5-20(16)37(35,36)15-6-12-2-3-13(7-15)24(12,34)22(32)19(31)10-30/h1,4-5,8-9,12-13,15,19,22,30-32,34H,2-3,6-7,10H2,(H,29,33)/t12?,13?,15-,19-,22+,24-/m0/s1. The van der Waals surface area contributed by atoms with Gasteiger partial charge in [0.1, 0.15) is 12.2 Å². The summed E-state index contributed by atoms with van der Waals surface area (Å²) in [6.45, 7) is -0.772. The average molecular weight is 564 g/mol. The molecule has 2 aromatic rings. The molecule has 1 amide bonds. The first-order chi connectivity index (χ1) is 17.3. The van der Waals surface area contributed by atoms with E-state index in [4.69, 9.17) is 11.6 Å². The van der Waals surface area contributed by atoms with Gasteiger partial charge < -0.3 is 25.7 Å². The van der Waals surface area contributed by atoms with Gasteiger partial charge in [-0.2, -0.15) is 0 Å². The highest BCUT2D eigenvalue weighted by Crippen LogP contribution is 2.54. The first-order valence-corrected chi connectivity index (χ1v) is 13.4. The third-order valence-corrected chi connectivity index (χ3v) is 10.1. The van der Waals surface area contributed by atoms with Gasteiger partial charge in [0.15, 0.2) is 27.3 Å². The third-order valence-electron chi connectivity index (χ3n) is 7.47. The van der Waals surface area contributed by atoms with E-state index in [2.05, 4.69) is 5.32 Å². The van der Waals surface area contributed by atoms with Gasteiger partial charge in [0.05, 0.1) is 27.4 Å². The minimum Gasteiger partial charge on any atom is -0.394 e. The molecule has 2 aliphatic carbocycles.